The van der Waals surface area contributed by atoms with Gasteiger partial charge in [0.15, 0.2) is 12.7 Å². The zero-order valence-corrected chi connectivity index (χ0v) is 22.6. The van der Waals surface area contributed by atoms with Crippen molar-refractivity contribution in [1.29, 1.82) is 0 Å². The number of nitrogens with one attached hydrogen (secondary N) is 2. The Morgan fingerprint density at radius 1 is 1.29 bits per heavy atom. The van der Waals surface area contributed by atoms with E-state index >= 15 is 0 Å². The van der Waals surface area contributed by atoms with E-state index in [1.807, 2.05) is 22.1 Å². The van der Waals surface area contributed by atoms with Gasteiger partial charge in [-0.3, -0.25) is 9.59 Å². The maximum Gasteiger partial charge on any atom is 0.263 e. The lowest BCUT2D eigenvalue weighted by molar-refractivity contribution is -0.127. The third kappa shape index (κ3) is 7.33. The molecule has 0 radical (unpaired) electrons. The van der Waals surface area contributed by atoms with Gasteiger partial charge in [-0.15, -0.1) is 0 Å². The van der Waals surface area contributed by atoms with Crippen LogP contribution in [0.5, 0.6) is 11.5 Å². The van der Waals surface area contributed by atoms with Crippen molar-refractivity contribution in [2.75, 3.05) is 24.0 Å². The Morgan fingerprint density at radius 3 is 2.84 bits per heavy atom. The van der Waals surface area contributed by atoms with E-state index in [0.717, 1.165) is 16.8 Å². The highest BCUT2D eigenvalue weighted by atomic mass is 35.5. The molecule has 9 nitrogen and oxygen atoms in total. The summed E-state index contributed by atoms with van der Waals surface area (Å²) >= 11 is 13.2. The normalized spacial score (nSPS) is 14.3. The molecular weight excluding hydrogens is 556 g/mol. The Morgan fingerprint density at radius 2 is 2.11 bits per heavy atom. The first-order valence-electron chi connectivity index (χ1n) is 11.4. The molecule has 1 atom stereocenters. The monoisotopic (exact) mass is 579 g/mol. The molecule has 0 saturated heterocycles. The van der Waals surface area contributed by atoms with Crippen LogP contribution in [0.3, 0.4) is 0 Å². The van der Waals surface area contributed by atoms with Crippen molar-refractivity contribution in [3.05, 3.63) is 77.1 Å². The van der Waals surface area contributed by atoms with Gasteiger partial charge < -0.3 is 29.0 Å². The van der Waals surface area contributed by atoms with Crippen LogP contribution in [0.15, 0.2) is 66.2 Å². The van der Waals surface area contributed by atoms with Crippen LogP contribution in [-0.2, 0) is 16.6 Å². The molecule has 2 amide bonds. The summed E-state index contributed by atoms with van der Waals surface area (Å²) in [6.45, 7) is 3.95. The van der Waals surface area contributed by atoms with E-state index in [0.29, 0.717) is 22.9 Å². The smallest absolute Gasteiger partial charge is 0.263 e. The zero-order chi connectivity index (χ0) is 27.2. The van der Waals surface area contributed by atoms with Crippen molar-refractivity contribution in [1.82, 2.24) is 20.2 Å². The Bertz CT molecular complexity index is 1360. The van der Waals surface area contributed by atoms with E-state index in [2.05, 4.69) is 22.2 Å². The minimum Gasteiger partial charge on any atom is -0.484 e. The van der Waals surface area contributed by atoms with Gasteiger partial charge in [0.05, 0.1) is 23.6 Å². The third-order valence-electron chi connectivity index (χ3n) is 5.27. The Kier molecular flexibility index (Phi) is 9.03. The molecule has 1 unspecified atom stereocenters. The number of hydrogen-bond acceptors (Lipinski definition) is 7. The van der Waals surface area contributed by atoms with Crippen LogP contribution in [0.4, 0.5) is 10.1 Å². The molecule has 3 aromatic rings. The van der Waals surface area contributed by atoms with Crippen LogP contribution in [0.1, 0.15) is 6.42 Å². The lowest BCUT2D eigenvalue weighted by Gasteiger charge is -2.34. The highest BCUT2D eigenvalue weighted by molar-refractivity contribution is 8.00. The van der Waals surface area contributed by atoms with E-state index in [4.69, 9.17) is 32.7 Å². The molecular formula is C25H24Cl2FN5O4S. The van der Waals surface area contributed by atoms with Crippen LogP contribution in [0, 0.1) is 5.82 Å². The fourth-order valence-corrected chi connectivity index (χ4v) is 4.73. The van der Waals surface area contributed by atoms with Crippen molar-refractivity contribution in [3.63, 3.8) is 0 Å². The summed E-state index contributed by atoms with van der Waals surface area (Å²) in [6, 6.07) is 9.09. The molecule has 0 spiro atoms. The molecule has 0 aliphatic carbocycles. The Labute approximate surface area is 233 Å². The van der Waals surface area contributed by atoms with Crippen LogP contribution < -0.4 is 24.4 Å². The molecule has 200 valence electrons. The minimum atomic E-state index is -0.782. The fourth-order valence-electron chi connectivity index (χ4n) is 3.46. The largest absolute Gasteiger partial charge is 0.484 e. The van der Waals surface area contributed by atoms with Gasteiger partial charge in [-0.05, 0) is 30.3 Å². The average Bonchev–Trinajstić information content (AvgIpc) is 3.29. The molecule has 1 aliphatic rings. The number of rotatable bonds is 10. The van der Waals surface area contributed by atoms with E-state index in [-0.39, 0.29) is 36.4 Å². The lowest BCUT2D eigenvalue weighted by Crippen LogP contribution is -2.47. The van der Waals surface area contributed by atoms with Gasteiger partial charge in [-0.2, -0.15) is 0 Å². The summed E-state index contributed by atoms with van der Waals surface area (Å²) in [4.78, 5) is 29.3. The molecule has 0 fully saturated rings. The quantitative estimate of drug-likeness (QED) is 0.344. The fraction of sp³-hybridized carbons (Fsp3) is 0.240. The SMILES string of the molecule is C=C(CCNC(=O)C1CN(Sc2cn(C)cn2)c2cc(Cl)ccc2O1)NC(=O)COc1ccc(Cl)c(F)c1. The summed E-state index contributed by atoms with van der Waals surface area (Å²) in [5, 5.41) is 6.68. The summed E-state index contributed by atoms with van der Waals surface area (Å²) in [6.07, 6.45) is 3.08. The molecule has 2 N–H and O–H groups in total. The number of imidazole rings is 1. The van der Waals surface area contributed by atoms with Gasteiger partial charge in [-0.25, -0.2) is 9.37 Å². The highest BCUT2D eigenvalue weighted by Gasteiger charge is 2.32. The molecule has 1 aliphatic heterocycles. The summed E-state index contributed by atoms with van der Waals surface area (Å²) in [5.74, 6) is -0.723. The van der Waals surface area contributed by atoms with Crippen LogP contribution in [0.25, 0.3) is 0 Å². The Balaban J connectivity index is 1.25. The second-order valence-electron chi connectivity index (χ2n) is 8.31. The number of ether oxygens (including phenoxy) is 2. The number of carbonyl (C=O) groups is 2. The van der Waals surface area contributed by atoms with Crippen LogP contribution in [-0.4, -0.2) is 47.2 Å². The average molecular weight is 580 g/mol. The summed E-state index contributed by atoms with van der Waals surface area (Å²) in [7, 11) is 1.88. The van der Waals surface area contributed by atoms with Gasteiger partial charge >= 0.3 is 0 Å². The summed E-state index contributed by atoms with van der Waals surface area (Å²) in [5.41, 5.74) is 1.13. The number of aromatic nitrogens is 2. The van der Waals surface area contributed by atoms with E-state index in [1.165, 1.54) is 24.1 Å². The number of benzene rings is 2. The van der Waals surface area contributed by atoms with Crippen LogP contribution >= 0.6 is 35.1 Å². The molecule has 2 aromatic carbocycles. The zero-order valence-electron chi connectivity index (χ0n) is 20.2. The molecule has 0 bridgehead atoms. The predicted octanol–water partition coefficient (Wildman–Crippen LogP) is 4.36. The number of nitrogens with zero attached hydrogens (tertiary/aromatic N) is 3. The van der Waals surface area contributed by atoms with Crippen molar-refractivity contribution >= 4 is 52.7 Å². The lowest BCUT2D eigenvalue weighted by atomic mass is 10.2. The molecule has 1 aromatic heterocycles. The van der Waals surface area contributed by atoms with Gasteiger partial charge in [0.2, 0.25) is 0 Å². The summed E-state index contributed by atoms with van der Waals surface area (Å²) < 4.78 is 28.4. The molecule has 4 rings (SSSR count). The van der Waals surface area contributed by atoms with Crippen molar-refractivity contribution in [2.45, 2.75) is 17.6 Å². The van der Waals surface area contributed by atoms with E-state index in [1.54, 1.807) is 24.5 Å². The van der Waals surface area contributed by atoms with E-state index in [9.17, 15) is 14.0 Å². The standard InChI is InChI=1S/C25H24Cl2FN5O4S/c1-15(31-23(34)13-36-17-4-5-18(27)19(28)10-17)7-8-29-25(35)22-11-33(38-24-12-32(2)14-30-24)20-9-16(26)3-6-21(20)37-22/h3-6,9-10,12,14,22H,1,7-8,11,13H2,2H3,(H,29,35)(H,31,34). The molecule has 0 saturated carbocycles. The number of amides is 2. The maximum absolute atomic E-state index is 13.5. The second-order valence-corrected chi connectivity index (χ2v) is 10.2. The molecule has 38 heavy (non-hydrogen) atoms. The first-order chi connectivity index (χ1) is 18.2. The first kappa shape index (κ1) is 27.6. The maximum atomic E-state index is 13.5. The van der Waals surface area contributed by atoms with Gasteiger partial charge in [0, 0.05) is 54.9 Å². The molecule has 2 heterocycles. The predicted molar refractivity (Wildman–Crippen MR) is 144 cm³/mol. The van der Waals surface area contributed by atoms with Crippen molar-refractivity contribution < 1.29 is 23.5 Å². The molecule has 13 heteroatoms. The van der Waals surface area contributed by atoms with Crippen LogP contribution in [0.2, 0.25) is 10.0 Å². The number of carbonyl (C=O) groups excluding carboxylic acids is 2. The topological polar surface area (TPSA) is 97.7 Å². The van der Waals surface area contributed by atoms with Crippen molar-refractivity contribution in [2.24, 2.45) is 7.05 Å². The second kappa shape index (κ2) is 12.4. The first-order valence-corrected chi connectivity index (χ1v) is 12.9. The number of anilines is 1. The highest BCUT2D eigenvalue weighted by Crippen LogP contribution is 2.40. The number of aryl methyl sites for hydroxylation is 1. The van der Waals surface area contributed by atoms with E-state index < -0.39 is 17.8 Å². The van der Waals surface area contributed by atoms with Crippen molar-refractivity contribution in [3.8, 4) is 11.5 Å². The Hall–Kier alpha value is -3.41. The minimum absolute atomic E-state index is 0.0378. The van der Waals surface area contributed by atoms with Gasteiger partial charge in [0.1, 0.15) is 22.3 Å². The third-order valence-corrected chi connectivity index (χ3v) is 6.78. The van der Waals surface area contributed by atoms with Gasteiger partial charge in [0.25, 0.3) is 11.8 Å². The number of fused-ring (bicyclic) bond motifs is 1. The number of halogens is 3. The van der Waals surface area contributed by atoms with Gasteiger partial charge in [-0.1, -0.05) is 29.8 Å². The number of hydrogen-bond donors (Lipinski definition) is 2.